The Morgan fingerprint density at radius 3 is 2.85 bits per heavy atom. The van der Waals surface area contributed by atoms with Crippen molar-refractivity contribution in [1.82, 2.24) is 4.90 Å². The fraction of sp³-hybridized carbons (Fsp3) is 0.800. The first-order valence-electron chi connectivity index (χ1n) is 7.38. The summed E-state index contributed by atoms with van der Waals surface area (Å²) in [4.78, 5) is 14.5. The summed E-state index contributed by atoms with van der Waals surface area (Å²) in [5, 5.41) is 20.0. The van der Waals surface area contributed by atoms with Gasteiger partial charge < -0.3 is 14.9 Å². The van der Waals surface area contributed by atoms with E-state index < -0.39 is 23.6 Å². The molecule has 0 saturated carbocycles. The van der Waals surface area contributed by atoms with Crippen LogP contribution in [0.2, 0.25) is 0 Å². The molecule has 0 aromatic heterocycles. The average molecular weight is 283 g/mol. The van der Waals surface area contributed by atoms with Crippen LogP contribution in [0.5, 0.6) is 0 Å². The van der Waals surface area contributed by atoms with Crippen LogP contribution >= 0.6 is 0 Å². The molecule has 0 aromatic rings. The van der Waals surface area contributed by atoms with E-state index in [1.54, 1.807) is 13.8 Å². The molecule has 0 amide bonds. The highest BCUT2D eigenvalue weighted by molar-refractivity contribution is 5.80. The number of nitrogens with zero attached hydrogens (tertiary/aromatic N) is 1. The maximum absolute atomic E-state index is 12.1. The molecule has 0 bridgehead atoms. The Hall–Kier alpha value is -0.910. The van der Waals surface area contributed by atoms with E-state index in [1.165, 1.54) is 13.3 Å². The summed E-state index contributed by atoms with van der Waals surface area (Å²) in [7, 11) is 0. The van der Waals surface area contributed by atoms with Crippen molar-refractivity contribution in [2.24, 2.45) is 5.92 Å². The lowest BCUT2D eigenvalue weighted by Crippen LogP contribution is -2.53. The molecule has 5 heteroatoms. The van der Waals surface area contributed by atoms with Crippen molar-refractivity contribution in [3.05, 3.63) is 11.6 Å². The first kappa shape index (κ1) is 15.5. The molecule has 114 valence electrons. The molecule has 1 saturated heterocycles. The van der Waals surface area contributed by atoms with Gasteiger partial charge in [-0.05, 0) is 37.8 Å². The molecule has 0 aromatic carbocycles. The summed E-state index contributed by atoms with van der Waals surface area (Å²) >= 11 is 0. The van der Waals surface area contributed by atoms with Crippen molar-refractivity contribution >= 4 is 5.97 Å². The van der Waals surface area contributed by atoms with Gasteiger partial charge in [0, 0.05) is 12.6 Å². The van der Waals surface area contributed by atoms with E-state index >= 15 is 0 Å². The molecule has 20 heavy (non-hydrogen) atoms. The SMILES string of the molecule is CC(C)[C@@](O)(C(=O)OCC1=CCN2CCCC12)C(C)O. The largest absolute Gasteiger partial charge is 0.459 e. The Morgan fingerprint density at radius 2 is 2.25 bits per heavy atom. The predicted octanol–water partition coefficient (Wildman–Crippen LogP) is 0.702. The van der Waals surface area contributed by atoms with E-state index in [0.29, 0.717) is 6.04 Å². The number of aliphatic hydroxyl groups is 2. The van der Waals surface area contributed by atoms with Gasteiger partial charge in [-0.15, -0.1) is 0 Å². The number of rotatable bonds is 5. The average Bonchev–Trinajstić information content (AvgIpc) is 2.97. The summed E-state index contributed by atoms with van der Waals surface area (Å²) in [5.74, 6) is -1.14. The van der Waals surface area contributed by atoms with Gasteiger partial charge in [0.1, 0.15) is 6.61 Å². The van der Waals surface area contributed by atoms with Crippen LogP contribution in [-0.2, 0) is 9.53 Å². The predicted molar refractivity (Wildman–Crippen MR) is 75.1 cm³/mol. The molecule has 3 atom stereocenters. The summed E-state index contributed by atoms with van der Waals surface area (Å²) in [5.41, 5.74) is -0.721. The summed E-state index contributed by atoms with van der Waals surface area (Å²) in [6, 6.07) is 0.390. The van der Waals surface area contributed by atoms with Crippen molar-refractivity contribution in [1.29, 1.82) is 0 Å². The zero-order chi connectivity index (χ0) is 14.9. The van der Waals surface area contributed by atoms with Gasteiger partial charge in [0.2, 0.25) is 0 Å². The lowest BCUT2D eigenvalue weighted by atomic mass is 9.85. The van der Waals surface area contributed by atoms with Crippen molar-refractivity contribution in [2.75, 3.05) is 19.7 Å². The Labute approximate surface area is 120 Å². The highest BCUT2D eigenvalue weighted by atomic mass is 16.6. The molecule has 2 aliphatic heterocycles. The Morgan fingerprint density at radius 1 is 1.55 bits per heavy atom. The normalized spacial score (nSPS) is 27.1. The molecule has 0 spiro atoms. The third-order valence-electron chi connectivity index (χ3n) is 4.59. The highest BCUT2D eigenvalue weighted by Crippen LogP contribution is 2.29. The van der Waals surface area contributed by atoms with E-state index in [4.69, 9.17) is 4.74 Å². The van der Waals surface area contributed by atoms with Gasteiger partial charge in [-0.3, -0.25) is 4.90 Å². The third-order valence-corrected chi connectivity index (χ3v) is 4.59. The second-order valence-corrected chi connectivity index (χ2v) is 6.16. The Bertz CT molecular complexity index is 395. The zero-order valence-electron chi connectivity index (χ0n) is 12.5. The minimum absolute atomic E-state index is 0.210. The van der Waals surface area contributed by atoms with Crippen molar-refractivity contribution < 1.29 is 19.7 Å². The Balaban J connectivity index is 1.95. The van der Waals surface area contributed by atoms with Gasteiger partial charge in [0.25, 0.3) is 0 Å². The zero-order valence-corrected chi connectivity index (χ0v) is 12.5. The lowest BCUT2D eigenvalue weighted by Gasteiger charge is -2.32. The van der Waals surface area contributed by atoms with Crippen molar-refractivity contribution in [3.8, 4) is 0 Å². The second kappa shape index (κ2) is 5.84. The van der Waals surface area contributed by atoms with E-state index in [-0.39, 0.29) is 6.61 Å². The number of aliphatic hydroxyl groups excluding tert-OH is 1. The monoisotopic (exact) mass is 283 g/mol. The number of hydrogen-bond donors (Lipinski definition) is 2. The topological polar surface area (TPSA) is 70.0 Å². The number of esters is 1. The highest BCUT2D eigenvalue weighted by Gasteiger charge is 2.46. The number of ether oxygens (including phenoxy) is 1. The van der Waals surface area contributed by atoms with Gasteiger partial charge in [-0.25, -0.2) is 4.79 Å². The quantitative estimate of drug-likeness (QED) is 0.574. The maximum atomic E-state index is 12.1. The van der Waals surface area contributed by atoms with Crippen LogP contribution in [0.25, 0.3) is 0 Å². The van der Waals surface area contributed by atoms with Gasteiger partial charge in [0.15, 0.2) is 5.60 Å². The third kappa shape index (κ3) is 2.62. The standard InChI is InChI=1S/C15H25NO4/c1-10(2)15(19,11(3)17)14(18)20-9-12-6-8-16-7-4-5-13(12)16/h6,10-11,13,17,19H,4-5,7-9H2,1-3H3/t11?,13?,15-/m0/s1. The van der Waals surface area contributed by atoms with E-state index in [9.17, 15) is 15.0 Å². The van der Waals surface area contributed by atoms with Gasteiger partial charge in [-0.1, -0.05) is 19.9 Å². The maximum Gasteiger partial charge on any atom is 0.341 e. The van der Waals surface area contributed by atoms with Gasteiger partial charge in [-0.2, -0.15) is 0 Å². The summed E-state index contributed by atoms with van der Waals surface area (Å²) in [6.45, 7) is 7.03. The number of fused-ring (bicyclic) bond motifs is 1. The van der Waals surface area contributed by atoms with Crippen LogP contribution in [0.3, 0.4) is 0 Å². The van der Waals surface area contributed by atoms with Gasteiger partial charge >= 0.3 is 5.97 Å². The molecular formula is C15H25NO4. The molecule has 2 N–H and O–H groups in total. The summed E-state index contributed by atoms with van der Waals surface area (Å²) in [6.07, 6.45) is 3.23. The molecule has 0 radical (unpaired) electrons. The minimum Gasteiger partial charge on any atom is -0.459 e. The fourth-order valence-electron chi connectivity index (χ4n) is 3.14. The Kier molecular flexibility index (Phi) is 4.52. The first-order valence-corrected chi connectivity index (χ1v) is 7.38. The molecule has 2 rings (SSSR count). The summed E-state index contributed by atoms with van der Waals surface area (Å²) < 4.78 is 5.28. The molecule has 5 nitrogen and oxygen atoms in total. The molecule has 2 heterocycles. The van der Waals surface area contributed by atoms with Crippen molar-refractivity contribution in [3.63, 3.8) is 0 Å². The van der Waals surface area contributed by atoms with Crippen LogP contribution in [0.4, 0.5) is 0 Å². The molecule has 2 unspecified atom stereocenters. The van der Waals surface area contributed by atoms with Crippen LogP contribution < -0.4 is 0 Å². The van der Waals surface area contributed by atoms with E-state index in [2.05, 4.69) is 11.0 Å². The molecule has 2 aliphatic rings. The first-order chi connectivity index (χ1) is 9.37. The molecular weight excluding hydrogens is 258 g/mol. The van der Waals surface area contributed by atoms with Crippen LogP contribution in [-0.4, -0.2) is 58.5 Å². The number of carbonyl (C=O) groups is 1. The van der Waals surface area contributed by atoms with E-state index in [0.717, 1.165) is 25.1 Å². The number of carbonyl (C=O) groups excluding carboxylic acids is 1. The fourth-order valence-corrected chi connectivity index (χ4v) is 3.14. The number of hydrogen-bond acceptors (Lipinski definition) is 5. The van der Waals surface area contributed by atoms with Crippen LogP contribution in [0, 0.1) is 5.92 Å². The smallest absolute Gasteiger partial charge is 0.341 e. The van der Waals surface area contributed by atoms with E-state index in [1.807, 2.05) is 0 Å². The lowest BCUT2D eigenvalue weighted by molar-refractivity contribution is -0.183. The molecule has 1 fully saturated rings. The molecule has 0 aliphatic carbocycles. The minimum atomic E-state index is -1.84. The van der Waals surface area contributed by atoms with Gasteiger partial charge in [0.05, 0.1) is 6.10 Å². The second-order valence-electron chi connectivity index (χ2n) is 6.16. The van der Waals surface area contributed by atoms with Crippen molar-refractivity contribution in [2.45, 2.75) is 51.4 Å². The van der Waals surface area contributed by atoms with Crippen LogP contribution in [0.15, 0.2) is 11.6 Å². The van der Waals surface area contributed by atoms with Crippen LogP contribution in [0.1, 0.15) is 33.6 Å².